The van der Waals surface area contributed by atoms with E-state index in [1.165, 1.54) is 52.3 Å². The van der Waals surface area contributed by atoms with Crippen molar-refractivity contribution >= 4 is 140 Å². The smallest absolute Gasteiger partial charge is 0.305 e. The minimum absolute atomic E-state index is 0.0226. The van der Waals surface area contributed by atoms with Crippen molar-refractivity contribution < 1.29 is 107 Å². The molecular formula is C88H124N20O22S. The standard InChI is InChI=1S/C88H124N20O22S/c1-9-11-22-67-81(123)97-58(29-30-73(113)114)77(119)103-66(76(118)94-43-71(91)111)45-131-46-72(112)95-62(35-49-25-27-52(109)28-26-49)84(126)104(6)48(5)75(117)99-64(39-74(115)116)86(128)107-33-17-24-68(107)82(124)102-65(40-90)80(122)100-61(34-47(3)4)87(129)108-44-53(110)38-70(108)83(125)98-60(36-50-41-92-56-20-15-13-18-54(50)56)79(121)96-59(31-32-89)78(120)101-63(37-51-42-93-57-21-16-14-19-55(51)57)85(127)106(8)69(23-12-10-2)88(130)105(67)7/h13-16,18-21,25-28,41-42,47-48,53,58-70,92-93,109-110H,9-12,17,22-24,29-40,43-46,89-90H2,1-8H3,(H2,91,111)(H,94,118)(H,95,112)(H,96,121)(H,97,123)(H,98,125)(H,99,117)(H,100,122)(H,101,120)(H,102,124)(H,103,119)(H,113,114)(H,115,116)/t48-,53+,58-,59-,60-,61-,62-,63-,64+,65-,66-,67-,68-,69-,70-/m0/s1. The maximum absolute atomic E-state index is 15.8. The lowest BCUT2D eigenvalue weighted by molar-refractivity contribution is -0.149. The lowest BCUT2D eigenvalue weighted by Crippen LogP contribution is -2.62. The normalized spacial score (nSPS) is 25.2. The average molecular weight is 1850 g/mol. The number of phenolic OH excluding ortho intramolecular Hbond substituents is 1. The molecule has 15 atom stereocenters. The highest BCUT2D eigenvalue weighted by atomic mass is 32.2. The van der Waals surface area contributed by atoms with Crippen LogP contribution in [0.5, 0.6) is 5.75 Å². The Balaban J connectivity index is 1.19. The number of nitrogens with two attached hydrogens (primary N) is 3. The number of aliphatic hydroxyl groups excluding tert-OH is 1. The fraction of sp³-hybridized carbons (Fsp3) is 0.545. The molecule has 22 N–H and O–H groups in total. The van der Waals surface area contributed by atoms with Crippen LogP contribution in [0, 0.1) is 5.92 Å². The van der Waals surface area contributed by atoms with E-state index in [1.807, 2.05) is 6.92 Å². The molecule has 8 rings (SSSR count). The Bertz CT molecular complexity index is 4930. The number of aromatic hydroxyl groups is 1. The van der Waals surface area contributed by atoms with Crippen LogP contribution in [0.25, 0.3) is 21.8 Å². The van der Waals surface area contributed by atoms with Gasteiger partial charge in [0.05, 0.1) is 24.8 Å². The fourth-order valence-electron chi connectivity index (χ4n) is 16.1. The lowest BCUT2D eigenvalue weighted by atomic mass is 9.99. The van der Waals surface area contributed by atoms with Crippen LogP contribution >= 0.6 is 11.8 Å². The molecule has 0 spiro atoms. The fourth-order valence-corrected chi connectivity index (χ4v) is 17.0. The van der Waals surface area contributed by atoms with E-state index >= 15 is 33.6 Å². The molecule has 3 saturated heterocycles. The summed E-state index contributed by atoms with van der Waals surface area (Å²) in [7, 11) is 3.81. The maximum atomic E-state index is 15.8. The monoisotopic (exact) mass is 1840 g/mol. The van der Waals surface area contributed by atoms with Gasteiger partial charge in [0, 0.05) is 113 Å². The molecule has 2 aromatic heterocycles. The SMILES string of the molecule is CCCC[C@H]1C(=O)N(C)[C@@H](CCCC)C(=O)N[C@@H](CCC(=O)O)C(=O)N[C@H](C(=O)NCC(N)=O)CSCC(=O)N[C@@H](Cc2ccc(O)cc2)C(=O)N(C)[C@@H](C)C(=O)N[C@H](CC(=O)O)C(=O)N2CCC[C@H]2C(=O)N[C@@H](CN)C(=O)N[C@@H](CC(C)C)C(=O)N2C[C@H](O)C[C@H]2C(=O)N[C@@H](Cc2c[nH]c3ccccc23)C(=O)N[C@@H](CCN)C(=O)N[C@@H](Cc2c[nH]c3ccccc23)C(=O)N1C. The summed E-state index contributed by atoms with van der Waals surface area (Å²) in [4.78, 5) is 272. The number of carboxylic acid groups (broad SMARTS) is 2. The number of amides is 16. The number of nitrogens with one attached hydrogen (secondary N) is 12. The average Bonchev–Trinajstić information content (AvgIpc) is 1.50. The quantitative estimate of drug-likeness (QED) is 0.0290. The van der Waals surface area contributed by atoms with E-state index in [0.717, 1.165) is 24.5 Å². The molecule has 43 heteroatoms. The number of aromatic amines is 2. The molecule has 3 fully saturated rings. The summed E-state index contributed by atoms with van der Waals surface area (Å²) in [5.74, 6) is -20.1. The highest BCUT2D eigenvalue weighted by Gasteiger charge is 2.47. The number of H-pyrrole nitrogens is 2. The molecule has 5 aromatic rings. The number of carbonyl (C=O) groups is 18. The third-order valence-electron chi connectivity index (χ3n) is 23.5. The summed E-state index contributed by atoms with van der Waals surface area (Å²) in [6.07, 6.45) is -0.556. The number of carbonyl (C=O) groups excluding carboxylic acids is 16. The Labute approximate surface area is 761 Å². The second-order valence-electron chi connectivity index (χ2n) is 33.7. The first kappa shape index (κ1) is 104. The molecule has 714 valence electrons. The van der Waals surface area contributed by atoms with Gasteiger partial charge in [-0.2, -0.15) is 0 Å². The summed E-state index contributed by atoms with van der Waals surface area (Å²) in [5, 5.41) is 68.9. The zero-order valence-corrected chi connectivity index (χ0v) is 75.6. The van der Waals surface area contributed by atoms with Gasteiger partial charge in [0.1, 0.15) is 90.3 Å². The van der Waals surface area contributed by atoms with Crippen LogP contribution in [-0.4, -0.2) is 317 Å². The number of para-hydroxylation sites is 2. The number of benzene rings is 3. The molecule has 0 aliphatic carbocycles. The number of hydrogen-bond acceptors (Lipinski definition) is 23. The first-order valence-corrected chi connectivity index (χ1v) is 45.1. The van der Waals surface area contributed by atoms with Gasteiger partial charge in [-0.05, 0) is 105 Å². The molecule has 3 aliphatic rings. The number of aromatic nitrogens is 2. The van der Waals surface area contributed by atoms with Crippen molar-refractivity contribution in [2.45, 2.75) is 234 Å². The van der Waals surface area contributed by atoms with Crippen molar-refractivity contribution in [3.63, 3.8) is 0 Å². The van der Waals surface area contributed by atoms with Gasteiger partial charge in [-0.25, -0.2) is 0 Å². The number of fused-ring (bicyclic) bond motifs is 4. The highest BCUT2D eigenvalue weighted by Crippen LogP contribution is 2.28. The molecular weight excluding hydrogens is 1720 g/mol. The molecule has 5 heterocycles. The van der Waals surface area contributed by atoms with Crippen molar-refractivity contribution in [1.29, 1.82) is 0 Å². The Morgan fingerprint density at radius 1 is 0.534 bits per heavy atom. The van der Waals surface area contributed by atoms with Crippen LogP contribution in [0.4, 0.5) is 0 Å². The van der Waals surface area contributed by atoms with Crippen LogP contribution in [-0.2, 0) is 106 Å². The number of phenols is 1. The second kappa shape index (κ2) is 49.3. The number of primary amides is 1. The molecule has 3 aliphatic heterocycles. The Morgan fingerprint density at radius 3 is 1.64 bits per heavy atom. The van der Waals surface area contributed by atoms with E-state index in [9.17, 15) is 73.2 Å². The van der Waals surface area contributed by atoms with Crippen molar-refractivity contribution in [3.05, 3.63) is 102 Å². The third kappa shape index (κ3) is 28.9. The van der Waals surface area contributed by atoms with E-state index in [2.05, 4.69) is 63.1 Å². The number of aliphatic carboxylic acids is 2. The van der Waals surface area contributed by atoms with E-state index in [-0.39, 0.29) is 95.4 Å². The van der Waals surface area contributed by atoms with Crippen molar-refractivity contribution in [3.8, 4) is 5.75 Å². The van der Waals surface area contributed by atoms with Gasteiger partial charge >= 0.3 is 11.9 Å². The van der Waals surface area contributed by atoms with E-state index < -0.39 is 248 Å². The molecule has 0 saturated carbocycles. The minimum atomic E-state index is -1.91. The minimum Gasteiger partial charge on any atom is -0.508 e. The predicted octanol–water partition coefficient (Wildman–Crippen LogP) is -2.38. The largest absolute Gasteiger partial charge is 0.508 e. The topological polar surface area (TPSA) is 634 Å². The van der Waals surface area contributed by atoms with E-state index in [4.69, 9.17) is 17.2 Å². The van der Waals surface area contributed by atoms with Crippen LogP contribution in [0.2, 0.25) is 0 Å². The first-order valence-electron chi connectivity index (χ1n) is 43.9. The van der Waals surface area contributed by atoms with Gasteiger partial charge in [-0.15, -0.1) is 11.8 Å². The third-order valence-corrected chi connectivity index (χ3v) is 24.5. The summed E-state index contributed by atoms with van der Waals surface area (Å²) < 4.78 is 0. The number of thioether (sulfide) groups is 1. The number of hydrogen-bond donors (Lipinski definition) is 19. The van der Waals surface area contributed by atoms with Crippen molar-refractivity contribution in [1.82, 2.24) is 87.6 Å². The molecule has 42 nitrogen and oxygen atoms in total. The van der Waals surface area contributed by atoms with Gasteiger partial charge < -0.3 is 125 Å². The lowest BCUT2D eigenvalue weighted by Gasteiger charge is -2.36. The molecule has 16 amide bonds. The van der Waals surface area contributed by atoms with Crippen molar-refractivity contribution in [2.24, 2.45) is 23.1 Å². The van der Waals surface area contributed by atoms with Crippen LogP contribution in [0.3, 0.4) is 0 Å². The van der Waals surface area contributed by atoms with Gasteiger partial charge in [0.2, 0.25) is 94.5 Å². The Kier molecular flexibility index (Phi) is 39.0. The maximum Gasteiger partial charge on any atom is 0.305 e. The zero-order valence-electron chi connectivity index (χ0n) is 74.8. The molecule has 0 radical (unpaired) electrons. The molecule has 0 bridgehead atoms. The second-order valence-corrected chi connectivity index (χ2v) is 34.7. The molecule has 0 unspecified atom stereocenters. The van der Waals surface area contributed by atoms with Crippen LogP contribution in [0.15, 0.2) is 85.2 Å². The number of nitrogens with zero attached hydrogens (tertiary/aromatic N) is 5. The highest BCUT2D eigenvalue weighted by molar-refractivity contribution is 8.00. The summed E-state index contributed by atoms with van der Waals surface area (Å²) in [6, 6.07) is -2.56. The predicted molar refractivity (Wildman–Crippen MR) is 479 cm³/mol. The number of rotatable bonds is 25. The van der Waals surface area contributed by atoms with Gasteiger partial charge in [0.25, 0.3) is 0 Å². The molecule has 3 aromatic carbocycles. The summed E-state index contributed by atoms with van der Waals surface area (Å²) >= 11 is 0.702. The van der Waals surface area contributed by atoms with E-state index in [0.29, 0.717) is 69.5 Å². The zero-order chi connectivity index (χ0) is 96.2. The van der Waals surface area contributed by atoms with Crippen LogP contribution < -0.4 is 70.4 Å². The summed E-state index contributed by atoms with van der Waals surface area (Å²) in [6.45, 7) is 6.08. The number of unbranched alkanes of at least 4 members (excludes halogenated alkanes) is 2. The van der Waals surface area contributed by atoms with Crippen molar-refractivity contribution in [2.75, 3.05) is 65.4 Å². The molecule has 131 heavy (non-hydrogen) atoms. The van der Waals surface area contributed by atoms with Gasteiger partial charge in [-0.3, -0.25) is 86.3 Å². The Morgan fingerprint density at radius 2 is 1.05 bits per heavy atom. The first-order chi connectivity index (χ1) is 62.3. The summed E-state index contributed by atoms with van der Waals surface area (Å²) in [5.41, 5.74) is 20.5. The van der Waals surface area contributed by atoms with Gasteiger partial charge in [-0.1, -0.05) is 102 Å². The van der Waals surface area contributed by atoms with Crippen LogP contribution in [0.1, 0.15) is 141 Å². The number of aliphatic hydroxyl groups is 1. The van der Waals surface area contributed by atoms with E-state index in [1.54, 1.807) is 81.7 Å². The Hall–Kier alpha value is -12.8. The number of likely N-dealkylation sites (N-methyl/N-ethyl adjacent to an activating group) is 3. The van der Waals surface area contributed by atoms with Gasteiger partial charge in [0.15, 0.2) is 0 Å². The number of carboxylic acids is 2.